The molecule has 0 unspecified atom stereocenters. The Morgan fingerprint density at radius 3 is 3.14 bits per heavy atom. The van der Waals surface area contributed by atoms with Gasteiger partial charge in [-0.1, -0.05) is 32.0 Å². The Morgan fingerprint density at radius 1 is 1.57 bits per heavy atom. The average molecular weight is 227 g/mol. The number of fused-ring (bicyclic) bond motifs is 1. The summed E-state index contributed by atoms with van der Waals surface area (Å²) in [5, 5.41) is 0.678. The van der Waals surface area contributed by atoms with Gasteiger partial charge >= 0.3 is 0 Å². The maximum Gasteiger partial charge on any atom is 0.0864 e. The summed E-state index contributed by atoms with van der Waals surface area (Å²) in [4.78, 5) is 3.42. The van der Waals surface area contributed by atoms with Crippen LogP contribution in [0.2, 0.25) is 0 Å². The van der Waals surface area contributed by atoms with Crippen LogP contribution in [-0.4, -0.2) is 21.0 Å². The van der Waals surface area contributed by atoms with Crippen LogP contribution >= 0.6 is 24.0 Å². The smallest absolute Gasteiger partial charge is 0.0864 e. The summed E-state index contributed by atoms with van der Waals surface area (Å²) in [6.07, 6.45) is 8.71. The molecule has 0 bridgehead atoms. The standard InChI is InChI=1S/C11H17NS2/c1-2-3-4-5-9-7-12-10(13)6-11(12)14-8-9/h7,11H,2-6,8H2,1H3/t11-/m0/s1. The first kappa shape index (κ1) is 10.5. The lowest BCUT2D eigenvalue weighted by atomic mass is 10.1. The zero-order valence-electron chi connectivity index (χ0n) is 8.66. The van der Waals surface area contributed by atoms with E-state index in [1.807, 2.05) is 0 Å². The van der Waals surface area contributed by atoms with Gasteiger partial charge in [0.05, 0.1) is 10.4 Å². The van der Waals surface area contributed by atoms with Crippen LogP contribution in [0.5, 0.6) is 0 Å². The number of rotatable bonds is 4. The summed E-state index contributed by atoms with van der Waals surface area (Å²) in [5.41, 5.74) is 1.58. The zero-order valence-corrected chi connectivity index (χ0v) is 10.3. The second-order valence-corrected chi connectivity index (χ2v) is 5.65. The van der Waals surface area contributed by atoms with Gasteiger partial charge < -0.3 is 4.90 Å². The van der Waals surface area contributed by atoms with Gasteiger partial charge in [0.25, 0.3) is 0 Å². The third-order valence-electron chi connectivity index (χ3n) is 2.83. The molecule has 0 saturated carbocycles. The van der Waals surface area contributed by atoms with Crippen molar-refractivity contribution in [3.8, 4) is 0 Å². The molecule has 78 valence electrons. The van der Waals surface area contributed by atoms with Crippen LogP contribution in [0.1, 0.15) is 39.0 Å². The van der Waals surface area contributed by atoms with Crippen molar-refractivity contribution in [2.75, 3.05) is 5.75 Å². The number of hydrogen-bond donors (Lipinski definition) is 0. The van der Waals surface area contributed by atoms with Crippen molar-refractivity contribution in [2.45, 2.75) is 44.4 Å². The van der Waals surface area contributed by atoms with Crippen LogP contribution in [0, 0.1) is 0 Å². The summed E-state index contributed by atoms with van der Waals surface area (Å²) < 4.78 is 0. The summed E-state index contributed by atoms with van der Waals surface area (Å²) in [6.45, 7) is 2.25. The maximum absolute atomic E-state index is 5.24. The highest BCUT2D eigenvalue weighted by Crippen LogP contribution is 2.37. The molecular formula is C11H17NS2. The Balaban J connectivity index is 1.84. The Labute approximate surface area is 95.9 Å². The molecule has 1 nitrogen and oxygen atoms in total. The van der Waals surface area contributed by atoms with E-state index in [-0.39, 0.29) is 0 Å². The van der Waals surface area contributed by atoms with Crippen molar-refractivity contribution in [2.24, 2.45) is 0 Å². The molecule has 0 aromatic rings. The third kappa shape index (κ3) is 2.14. The average Bonchev–Trinajstić information content (AvgIpc) is 2.19. The van der Waals surface area contributed by atoms with Gasteiger partial charge in [-0.15, -0.1) is 11.8 Å². The fraction of sp³-hybridized carbons (Fsp3) is 0.727. The minimum atomic E-state index is 0.678. The Morgan fingerprint density at radius 2 is 2.43 bits per heavy atom. The minimum Gasteiger partial charge on any atom is -0.330 e. The molecule has 2 aliphatic heterocycles. The van der Waals surface area contributed by atoms with E-state index in [2.05, 4.69) is 29.8 Å². The van der Waals surface area contributed by atoms with Gasteiger partial charge in [-0.25, -0.2) is 0 Å². The molecule has 0 aliphatic carbocycles. The second-order valence-electron chi connectivity index (χ2n) is 4.02. The van der Waals surface area contributed by atoms with Gasteiger partial charge in [-0.2, -0.15) is 0 Å². The highest BCUT2D eigenvalue weighted by atomic mass is 32.2. The fourth-order valence-electron chi connectivity index (χ4n) is 1.87. The Hall–Kier alpha value is -0.0200. The summed E-state index contributed by atoms with van der Waals surface area (Å²) in [6, 6.07) is 0. The highest BCUT2D eigenvalue weighted by Gasteiger charge is 2.34. The van der Waals surface area contributed by atoms with Crippen molar-refractivity contribution in [3.63, 3.8) is 0 Å². The van der Waals surface area contributed by atoms with Crippen LogP contribution in [0.25, 0.3) is 0 Å². The van der Waals surface area contributed by atoms with Crippen molar-refractivity contribution >= 4 is 29.0 Å². The van der Waals surface area contributed by atoms with E-state index in [1.54, 1.807) is 5.57 Å². The first-order valence-corrected chi connectivity index (χ1v) is 6.89. The minimum absolute atomic E-state index is 0.678. The highest BCUT2D eigenvalue weighted by molar-refractivity contribution is 8.00. The van der Waals surface area contributed by atoms with Gasteiger partial charge in [0.2, 0.25) is 0 Å². The van der Waals surface area contributed by atoms with Gasteiger partial charge in [-0.3, -0.25) is 0 Å². The van der Waals surface area contributed by atoms with Crippen LogP contribution in [0.4, 0.5) is 0 Å². The SMILES string of the molecule is CCCCCC1=CN2C(=S)C[C@@H]2SC1. The van der Waals surface area contributed by atoms with E-state index in [1.165, 1.54) is 31.4 Å². The van der Waals surface area contributed by atoms with E-state index < -0.39 is 0 Å². The van der Waals surface area contributed by atoms with E-state index in [0.717, 1.165) is 11.4 Å². The Kier molecular flexibility index (Phi) is 3.50. The topological polar surface area (TPSA) is 3.24 Å². The van der Waals surface area contributed by atoms with Crippen LogP contribution in [0.3, 0.4) is 0 Å². The fourth-order valence-corrected chi connectivity index (χ4v) is 3.63. The van der Waals surface area contributed by atoms with Gasteiger partial charge in [-0.05, 0) is 18.4 Å². The largest absolute Gasteiger partial charge is 0.330 e. The lowest BCUT2D eigenvalue weighted by molar-refractivity contribution is 0.438. The van der Waals surface area contributed by atoms with Crippen LogP contribution < -0.4 is 0 Å². The normalized spacial score (nSPS) is 25.5. The molecule has 0 aromatic carbocycles. The maximum atomic E-state index is 5.24. The van der Waals surface area contributed by atoms with Gasteiger partial charge in [0.15, 0.2) is 0 Å². The van der Waals surface area contributed by atoms with Crippen molar-refractivity contribution in [3.05, 3.63) is 11.8 Å². The van der Waals surface area contributed by atoms with Crippen molar-refractivity contribution < 1.29 is 0 Å². The van der Waals surface area contributed by atoms with E-state index in [0.29, 0.717) is 5.37 Å². The number of unbranched alkanes of at least 4 members (excludes halogenated alkanes) is 2. The zero-order chi connectivity index (χ0) is 9.97. The van der Waals surface area contributed by atoms with Crippen LogP contribution in [0.15, 0.2) is 11.8 Å². The molecule has 0 aromatic heterocycles. The molecule has 0 amide bonds. The summed E-state index contributed by atoms with van der Waals surface area (Å²) in [7, 11) is 0. The van der Waals surface area contributed by atoms with Gasteiger partial charge in [0.1, 0.15) is 0 Å². The first-order valence-electron chi connectivity index (χ1n) is 5.43. The summed E-state index contributed by atoms with van der Waals surface area (Å²) in [5.74, 6) is 1.23. The predicted molar refractivity (Wildman–Crippen MR) is 67.5 cm³/mol. The Bertz CT molecular complexity index is 260. The molecule has 0 N–H and O–H groups in total. The third-order valence-corrected chi connectivity index (χ3v) is 4.53. The molecule has 1 fully saturated rings. The molecule has 0 spiro atoms. The number of thiocarbonyl (C=S) groups is 1. The molecule has 2 aliphatic rings. The monoisotopic (exact) mass is 227 g/mol. The van der Waals surface area contributed by atoms with Gasteiger partial charge in [0, 0.05) is 18.4 Å². The lowest BCUT2D eigenvalue weighted by Gasteiger charge is -2.43. The molecular weight excluding hydrogens is 210 g/mol. The molecule has 2 rings (SSSR count). The predicted octanol–water partition coefficient (Wildman–Crippen LogP) is 3.56. The number of nitrogens with zero attached hydrogens (tertiary/aromatic N) is 1. The molecule has 14 heavy (non-hydrogen) atoms. The first-order chi connectivity index (χ1) is 6.81. The van der Waals surface area contributed by atoms with Crippen molar-refractivity contribution in [1.29, 1.82) is 0 Å². The number of hydrogen-bond acceptors (Lipinski definition) is 2. The quantitative estimate of drug-likeness (QED) is 0.534. The van der Waals surface area contributed by atoms with E-state index in [9.17, 15) is 0 Å². The second kappa shape index (κ2) is 4.67. The van der Waals surface area contributed by atoms with Crippen LogP contribution in [-0.2, 0) is 0 Å². The molecule has 2 heterocycles. The van der Waals surface area contributed by atoms with Crippen molar-refractivity contribution in [1.82, 2.24) is 4.90 Å². The molecule has 3 heteroatoms. The van der Waals surface area contributed by atoms with E-state index >= 15 is 0 Å². The molecule has 1 saturated heterocycles. The summed E-state index contributed by atoms with van der Waals surface area (Å²) >= 11 is 7.29. The molecule has 1 atom stereocenters. The number of thioether (sulfide) groups is 1. The lowest BCUT2D eigenvalue weighted by Crippen LogP contribution is -2.48. The van der Waals surface area contributed by atoms with E-state index in [4.69, 9.17) is 12.2 Å². The molecule has 0 radical (unpaired) electrons.